The van der Waals surface area contributed by atoms with Gasteiger partial charge in [-0.15, -0.1) is 0 Å². The maximum Gasteiger partial charge on any atom is 0.289 e. The van der Waals surface area contributed by atoms with Crippen LogP contribution in [0.1, 0.15) is 0 Å². The van der Waals surface area contributed by atoms with E-state index in [-0.39, 0.29) is 0 Å². The van der Waals surface area contributed by atoms with Crippen molar-refractivity contribution in [2.45, 2.75) is 12.9 Å². The predicted molar refractivity (Wildman–Crippen MR) is 21.2 cm³/mol. The lowest BCUT2D eigenvalue weighted by Crippen LogP contribution is -1.93. The summed E-state index contributed by atoms with van der Waals surface area (Å²) in [6.07, 6.45) is -7.01. The smallest absolute Gasteiger partial charge is 0.206 e. The summed E-state index contributed by atoms with van der Waals surface area (Å²) in [5.41, 5.74) is 0. The summed E-state index contributed by atoms with van der Waals surface area (Å²) < 4.78 is 55.4. The van der Waals surface area contributed by atoms with Crippen molar-refractivity contribution in [2.75, 3.05) is 0 Å². The summed E-state index contributed by atoms with van der Waals surface area (Å²) in [4.78, 5) is 0. The highest BCUT2D eigenvalue weighted by Crippen LogP contribution is 2.11. The molecule has 0 aliphatic heterocycles. The van der Waals surface area contributed by atoms with E-state index in [1.54, 1.807) is 0 Å². The van der Waals surface area contributed by atoms with Gasteiger partial charge in [0, 0.05) is 6.08 Å². The van der Waals surface area contributed by atoms with Crippen LogP contribution in [0.4, 0.5) is 22.0 Å². The Kier molecular flexibility index (Phi) is 3.19. The molecule has 0 aliphatic carbocycles. The molecule has 0 spiro atoms. The van der Waals surface area contributed by atoms with Crippen LogP contribution in [-0.2, 0) is 0 Å². The molecule has 0 fully saturated rings. The molecule has 0 aromatic carbocycles. The molecule has 0 rings (SSSR count). The zero-order chi connectivity index (χ0) is 7.44. The van der Waals surface area contributed by atoms with Crippen LogP contribution in [0, 0.1) is 0 Å². The highest BCUT2D eigenvalue weighted by atomic mass is 19.3. The summed E-state index contributed by atoms with van der Waals surface area (Å²) in [6, 6.07) is 0. The van der Waals surface area contributed by atoms with Crippen molar-refractivity contribution in [3.63, 3.8) is 0 Å². The van der Waals surface area contributed by atoms with Gasteiger partial charge in [-0.05, 0) is 0 Å². The lowest BCUT2D eigenvalue weighted by molar-refractivity contribution is 0.146. The molecule has 0 N–H and O–H groups in total. The van der Waals surface area contributed by atoms with Crippen LogP contribution in [0.5, 0.6) is 0 Å². The van der Waals surface area contributed by atoms with Crippen molar-refractivity contribution < 1.29 is 22.0 Å². The Hall–Kier alpha value is -0.610. The molecule has 0 aliphatic rings. The molecule has 54 valence electrons. The average Bonchev–Trinajstić information content (AvgIpc) is 1.63. The first kappa shape index (κ1) is 8.39. The Morgan fingerprint density at radius 3 is 1.67 bits per heavy atom. The molecule has 0 radical (unpaired) electrons. The van der Waals surface area contributed by atoms with Gasteiger partial charge in [0.15, 0.2) is 5.83 Å². The summed E-state index contributed by atoms with van der Waals surface area (Å²) in [6.45, 7) is 0. The lowest BCUT2D eigenvalue weighted by Gasteiger charge is -1.91. The Labute approximate surface area is 48.0 Å². The molecule has 0 nitrogen and oxygen atoms in total. The fourth-order valence-electron chi connectivity index (χ4n) is 0.193. The van der Waals surface area contributed by atoms with Crippen molar-refractivity contribution in [1.29, 1.82) is 0 Å². The fraction of sp³-hybridized carbons (Fsp3) is 0.500. The molecular formula is C4H3F5. The minimum Gasteiger partial charge on any atom is -0.206 e. The van der Waals surface area contributed by atoms with Crippen molar-refractivity contribution in [3.8, 4) is 0 Å². The van der Waals surface area contributed by atoms with Crippen molar-refractivity contribution in [1.82, 2.24) is 0 Å². The molecule has 9 heavy (non-hydrogen) atoms. The molecule has 0 heterocycles. The maximum absolute atomic E-state index is 11.4. The highest BCUT2D eigenvalue weighted by molar-refractivity contribution is 4.95. The van der Waals surface area contributed by atoms with Gasteiger partial charge in [-0.3, -0.25) is 0 Å². The number of hydrogen-bond donors (Lipinski definition) is 0. The maximum atomic E-state index is 11.4. The van der Waals surface area contributed by atoms with Gasteiger partial charge in [-0.2, -0.15) is 0 Å². The summed E-state index contributed by atoms with van der Waals surface area (Å²) in [7, 11) is 0. The van der Waals surface area contributed by atoms with E-state index < -0.39 is 24.8 Å². The van der Waals surface area contributed by atoms with Crippen molar-refractivity contribution >= 4 is 0 Å². The fourth-order valence-corrected chi connectivity index (χ4v) is 0.193. The Morgan fingerprint density at radius 2 is 1.56 bits per heavy atom. The van der Waals surface area contributed by atoms with E-state index in [2.05, 4.69) is 0 Å². The zero-order valence-corrected chi connectivity index (χ0v) is 4.12. The van der Waals surface area contributed by atoms with Crippen molar-refractivity contribution in [2.24, 2.45) is 0 Å². The van der Waals surface area contributed by atoms with Crippen LogP contribution in [0.2, 0.25) is 0 Å². The van der Waals surface area contributed by atoms with E-state index in [0.717, 1.165) is 0 Å². The second-order valence-corrected chi connectivity index (χ2v) is 1.19. The van der Waals surface area contributed by atoms with Crippen LogP contribution in [0.3, 0.4) is 0 Å². The molecule has 5 heteroatoms. The minimum absolute atomic E-state index is 0.426. The molecule has 0 amide bonds. The standard InChI is InChI=1S/C4H3F5/c5-2(4(8)9)1-3(6)7/h1,3-4H. The van der Waals surface area contributed by atoms with E-state index in [9.17, 15) is 22.0 Å². The third-order valence-corrected chi connectivity index (χ3v) is 0.494. The SMILES string of the molecule is FC(=CC(F)F)C(F)F. The van der Waals surface area contributed by atoms with Crippen LogP contribution < -0.4 is 0 Å². The summed E-state index contributed by atoms with van der Waals surface area (Å²) in [5.74, 6) is -2.08. The van der Waals surface area contributed by atoms with Gasteiger partial charge in [-0.1, -0.05) is 0 Å². The zero-order valence-electron chi connectivity index (χ0n) is 4.12. The lowest BCUT2D eigenvalue weighted by atomic mass is 10.5. The topological polar surface area (TPSA) is 0 Å². The van der Waals surface area contributed by atoms with Crippen molar-refractivity contribution in [3.05, 3.63) is 11.9 Å². The van der Waals surface area contributed by atoms with E-state index in [1.165, 1.54) is 0 Å². The van der Waals surface area contributed by atoms with E-state index >= 15 is 0 Å². The molecule has 0 saturated heterocycles. The van der Waals surface area contributed by atoms with Crippen LogP contribution in [-0.4, -0.2) is 12.9 Å². The predicted octanol–water partition coefficient (Wildman–Crippen LogP) is 2.37. The Morgan fingerprint density at radius 1 is 1.11 bits per heavy atom. The largest absolute Gasteiger partial charge is 0.289 e. The first-order valence-electron chi connectivity index (χ1n) is 1.97. The van der Waals surface area contributed by atoms with Gasteiger partial charge in [0.25, 0.3) is 12.9 Å². The third kappa shape index (κ3) is 3.93. The molecular weight excluding hydrogens is 143 g/mol. The summed E-state index contributed by atoms with van der Waals surface area (Å²) in [5, 5.41) is 0. The van der Waals surface area contributed by atoms with Gasteiger partial charge >= 0.3 is 0 Å². The Bertz CT molecular complexity index is 106. The third-order valence-electron chi connectivity index (χ3n) is 0.494. The quantitative estimate of drug-likeness (QED) is 0.524. The molecule has 0 unspecified atom stereocenters. The molecule has 0 bridgehead atoms. The van der Waals surface area contributed by atoms with Gasteiger partial charge in [-0.25, -0.2) is 22.0 Å². The molecule has 0 aromatic rings. The van der Waals surface area contributed by atoms with Crippen LogP contribution >= 0.6 is 0 Å². The van der Waals surface area contributed by atoms with Crippen LogP contribution in [0.25, 0.3) is 0 Å². The van der Waals surface area contributed by atoms with E-state index in [0.29, 0.717) is 0 Å². The first-order chi connectivity index (χ1) is 4.04. The van der Waals surface area contributed by atoms with E-state index in [4.69, 9.17) is 0 Å². The highest BCUT2D eigenvalue weighted by Gasteiger charge is 2.11. The summed E-state index contributed by atoms with van der Waals surface area (Å²) >= 11 is 0. The van der Waals surface area contributed by atoms with Gasteiger partial charge in [0.2, 0.25) is 0 Å². The van der Waals surface area contributed by atoms with Gasteiger partial charge < -0.3 is 0 Å². The molecule has 0 aromatic heterocycles. The molecule has 0 atom stereocenters. The second kappa shape index (κ2) is 3.42. The monoisotopic (exact) mass is 146 g/mol. The Balaban J connectivity index is 3.84. The first-order valence-corrected chi connectivity index (χ1v) is 1.97. The minimum atomic E-state index is -3.43. The number of rotatable bonds is 2. The molecule has 0 saturated carbocycles. The normalized spacial score (nSPS) is 13.4. The van der Waals surface area contributed by atoms with Gasteiger partial charge in [0.05, 0.1) is 0 Å². The van der Waals surface area contributed by atoms with Gasteiger partial charge in [0.1, 0.15) is 0 Å². The number of alkyl halides is 4. The van der Waals surface area contributed by atoms with Crippen LogP contribution in [0.15, 0.2) is 11.9 Å². The second-order valence-electron chi connectivity index (χ2n) is 1.19. The number of halogens is 5. The number of allylic oxidation sites excluding steroid dienone is 2. The average molecular weight is 146 g/mol. The number of hydrogen-bond acceptors (Lipinski definition) is 0. The van der Waals surface area contributed by atoms with E-state index in [1.807, 2.05) is 0 Å².